The summed E-state index contributed by atoms with van der Waals surface area (Å²) in [5, 5.41) is 0. The second-order valence-electron chi connectivity index (χ2n) is 10.8. The van der Waals surface area contributed by atoms with Crippen molar-refractivity contribution >= 4 is 23.5 Å². The number of piperazine rings is 1. The number of carbonyl (C=O) groups is 3. The Balaban J connectivity index is 1.59. The monoisotopic (exact) mass is 473 g/mol. The van der Waals surface area contributed by atoms with Crippen molar-refractivity contribution < 1.29 is 23.9 Å². The fraction of sp³-hybridized carbons (Fsp3) is 0.654. The predicted octanol–water partition coefficient (Wildman–Crippen LogP) is 3.73. The van der Waals surface area contributed by atoms with Gasteiger partial charge in [0.25, 0.3) is 5.91 Å². The molecule has 0 unspecified atom stereocenters. The first-order valence-corrected chi connectivity index (χ1v) is 12.2. The van der Waals surface area contributed by atoms with E-state index < -0.39 is 11.2 Å². The van der Waals surface area contributed by atoms with E-state index in [0.717, 1.165) is 25.1 Å². The molecule has 8 nitrogen and oxygen atoms in total. The maximum absolute atomic E-state index is 13.3. The zero-order chi connectivity index (χ0) is 25.1. The minimum Gasteiger partial charge on any atom is -0.478 e. The number of Topliss-reactive ketones (excluding diaryl/α,β-unsaturated/α-hetero) is 1. The molecule has 2 aliphatic heterocycles. The van der Waals surface area contributed by atoms with Gasteiger partial charge < -0.3 is 24.2 Å². The molecule has 0 aliphatic carbocycles. The van der Waals surface area contributed by atoms with Crippen LogP contribution in [0.3, 0.4) is 0 Å². The van der Waals surface area contributed by atoms with Crippen molar-refractivity contribution in [2.24, 2.45) is 5.92 Å². The molecule has 1 aromatic carbocycles. The zero-order valence-electron chi connectivity index (χ0n) is 21.4. The van der Waals surface area contributed by atoms with Crippen LogP contribution in [0.25, 0.3) is 0 Å². The third-order valence-electron chi connectivity index (χ3n) is 6.29. The van der Waals surface area contributed by atoms with Crippen molar-refractivity contribution in [1.82, 2.24) is 9.80 Å². The summed E-state index contributed by atoms with van der Waals surface area (Å²) in [7, 11) is 0. The highest BCUT2D eigenvalue weighted by molar-refractivity contribution is 5.85. The molecule has 3 rings (SSSR count). The van der Waals surface area contributed by atoms with Gasteiger partial charge in [-0.05, 0) is 66.5 Å². The van der Waals surface area contributed by atoms with Crippen molar-refractivity contribution in [3.05, 3.63) is 24.3 Å². The SMILES string of the molecule is CC(=O)[C@H]1CCCN(c2cccc(OC(C)(C)C(=O)N3CCN(C(=O)OC(C)(C)C)CC3)c2)C1. The van der Waals surface area contributed by atoms with Crippen molar-refractivity contribution in [2.75, 3.05) is 44.2 Å². The first-order valence-electron chi connectivity index (χ1n) is 12.2. The predicted molar refractivity (Wildman–Crippen MR) is 131 cm³/mol. The lowest BCUT2D eigenvalue weighted by atomic mass is 9.94. The van der Waals surface area contributed by atoms with Crippen LogP contribution in [0.15, 0.2) is 24.3 Å². The number of amides is 2. The number of benzene rings is 1. The molecule has 0 saturated carbocycles. The summed E-state index contributed by atoms with van der Waals surface area (Å²) >= 11 is 0. The molecule has 0 aromatic heterocycles. The number of rotatable bonds is 5. The highest BCUT2D eigenvalue weighted by atomic mass is 16.6. The normalized spacial score (nSPS) is 19.6. The van der Waals surface area contributed by atoms with Crippen LogP contribution < -0.4 is 9.64 Å². The van der Waals surface area contributed by atoms with E-state index in [1.165, 1.54) is 0 Å². The van der Waals surface area contributed by atoms with Gasteiger partial charge in [-0.1, -0.05) is 6.07 Å². The number of carbonyl (C=O) groups excluding carboxylic acids is 3. The Morgan fingerprint density at radius 2 is 1.59 bits per heavy atom. The second-order valence-corrected chi connectivity index (χ2v) is 10.8. The molecule has 2 amide bonds. The van der Waals surface area contributed by atoms with Gasteiger partial charge in [-0.2, -0.15) is 0 Å². The Bertz CT molecular complexity index is 900. The third-order valence-corrected chi connectivity index (χ3v) is 6.29. The van der Waals surface area contributed by atoms with E-state index in [1.54, 1.807) is 30.6 Å². The lowest BCUT2D eigenvalue weighted by Crippen LogP contribution is -2.57. The Labute approximate surface area is 203 Å². The van der Waals surface area contributed by atoms with Gasteiger partial charge in [0.05, 0.1) is 0 Å². The zero-order valence-corrected chi connectivity index (χ0v) is 21.4. The Morgan fingerprint density at radius 1 is 0.941 bits per heavy atom. The topological polar surface area (TPSA) is 79.4 Å². The summed E-state index contributed by atoms with van der Waals surface area (Å²) in [6.07, 6.45) is 1.57. The first-order chi connectivity index (χ1) is 15.9. The number of ether oxygens (including phenoxy) is 2. The van der Waals surface area contributed by atoms with Gasteiger partial charge >= 0.3 is 6.09 Å². The van der Waals surface area contributed by atoms with Crippen molar-refractivity contribution in [3.63, 3.8) is 0 Å². The average Bonchev–Trinajstić information content (AvgIpc) is 2.77. The number of ketones is 1. The van der Waals surface area contributed by atoms with E-state index >= 15 is 0 Å². The third kappa shape index (κ3) is 6.64. The maximum atomic E-state index is 13.3. The molecule has 2 aliphatic rings. The Morgan fingerprint density at radius 3 is 2.21 bits per heavy atom. The van der Waals surface area contributed by atoms with Gasteiger partial charge in [0.15, 0.2) is 5.60 Å². The van der Waals surface area contributed by atoms with Gasteiger partial charge in [-0.25, -0.2) is 4.79 Å². The first kappa shape index (κ1) is 25.8. The van der Waals surface area contributed by atoms with E-state index in [2.05, 4.69) is 4.90 Å². The molecule has 1 aromatic rings. The van der Waals surface area contributed by atoms with Crippen molar-refractivity contribution in [1.29, 1.82) is 0 Å². The van der Waals surface area contributed by atoms with Crippen LogP contribution in [-0.4, -0.2) is 78.1 Å². The van der Waals surface area contributed by atoms with Crippen LogP contribution in [-0.2, 0) is 14.3 Å². The molecule has 34 heavy (non-hydrogen) atoms. The Kier molecular flexibility index (Phi) is 7.78. The number of piperidine rings is 1. The smallest absolute Gasteiger partial charge is 0.410 e. The van der Waals surface area contributed by atoms with Crippen LogP contribution in [0, 0.1) is 5.92 Å². The molecule has 2 saturated heterocycles. The number of anilines is 1. The molecule has 188 valence electrons. The molecule has 2 heterocycles. The summed E-state index contributed by atoms with van der Waals surface area (Å²) in [6, 6.07) is 7.73. The molecular weight excluding hydrogens is 434 g/mol. The highest BCUT2D eigenvalue weighted by Gasteiger charge is 2.37. The number of nitrogens with zero attached hydrogens (tertiary/aromatic N) is 3. The van der Waals surface area contributed by atoms with Crippen LogP contribution in [0.2, 0.25) is 0 Å². The molecular formula is C26H39N3O5. The van der Waals surface area contributed by atoms with E-state index in [9.17, 15) is 14.4 Å². The quantitative estimate of drug-likeness (QED) is 0.648. The molecule has 2 fully saturated rings. The van der Waals surface area contributed by atoms with Crippen LogP contribution in [0.4, 0.5) is 10.5 Å². The standard InChI is InChI=1S/C26H39N3O5/c1-19(30)20-9-8-12-29(18-20)21-10-7-11-22(17-21)33-26(5,6)23(31)27-13-15-28(16-14-27)24(32)34-25(2,3)4/h7,10-11,17,20H,8-9,12-16,18H2,1-6H3/t20-/m0/s1. The van der Waals surface area contributed by atoms with E-state index in [0.29, 0.717) is 38.5 Å². The molecule has 8 heteroatoms. The van der Waals surface area contributed by atoms with Crippen LogP contribution in [0.5, 0.6) is 5.75 Å². The fourth-order valence-electron chi connectivity index (χ4n) is 4.42. The number of hydrogen-bond donors (Lipinski definition) is 0. The molecule has 0 radical (unpaired) electrons. The van der Waals surface area contributed by atoms with E-state index in [1.807, 2.05) is 45.0 Å². The maximum Gasteiger partial charge on any atom is 0.410 e. The summed E-state index contributed by atoms with van der Waals surface area (Å²) < 4.78 is 11.6. The Hall–Kier alpha value is -2.77. The average molecular weight is 474 g/mol. The highest BCUT2D eigenvalue weighted by Crippen LogP contribution is 2.29. The summed E-state index contributed by atoms with van der Waals surface area (Å²) in [6.45, 7) is 14.1. The lowest BCUT2D eigenvalue weighted by Gasteiger charge is -2.39. The molecule has 0 spiro atoms. The van der Waals surface area contributed by atoms with Crippen LogP contribution in [0.1, 0.15) is 54.4 Å². The minimum absolute atomic E-state index is 0.0655. The van der Waals surface area contributed by atoms with E-state index in [-0.39, 0.29) is 23.7 Å². The molecule has 1 atom stereocenters. The van der Waals surface area contributed by atoms with Crippen molar-refractivity contribution in [3.8, 4) is 5.75 Å². The summed E-state index contributed by atoms with van der Waals surface area (Å²) in [5.41, 5.74) is -0.607. The van der Waals surface area contributed by atoms with Gasteiger partial charge in [0.1, 0.15) is 17.1 Å². The van der Waals surface area contributed by atoms with Gasteiger partial charge in [0.2, 0.25) is 0 Å². The van der Waals surface area contributed by atoms with Crippen molar-refractivity contribution in [2.45, 2.75) is 65.6 Å². The van der Waals surface area contributed by atoms with Gasteiger partial charge in [-0.15, -0.1) is 0 Å². The largest absolute Gasteiger partial charge is 0.478 e. The second kappa shape index (κ2) is 10.2. The van der Waals surface area contributed by atoms with Gasteiger partial charge in [-0.3, -0.25) is 9.59 Å². The van der Waals surface area contributed by atoms with E-state index in [4.69, 9.17) is 9.47 Å². The number of hydrogen-bond acceptors (Lipinski definition) is 6. The van der Waals surface area contributed by atoms with Gasteiger partial charge in [0, 0.05) is 56.9 Å². The minimum atomic E-state index is -1.06. The molecule has 0 bridgehead atoms. The summed E-state index contributed by atoms with van der Waals surface area (Å²) in [4.78, 5) is 43.0. The van der Waals surface area contributed by atoms with Crippen LogP contribution >= 0.6 is 0 Å². The fourth-order valence-corrected chi connectivity index (χ4v) is 4.42. The lowest BCUT2D eigenvalue weighted by molar-refractivity contribution is -0.147. The summed E-state index contributed by atoms with van der Waals surface area (Å²) in [5.74, 6) is 0.802. The molecule has 0 N–H and O–H groups in total.